The Morgan fingerprint density at radius 3 is 2.96 bits per heavy atom. The predicted molar refractivity (Wildman–Crippen MR) is 91.5 cm³/mol. The Bertz CT molecular complexity index is 815. The number of rotatable bonds is 5. The van der Waals surface area contributed by atoms with Crippen molar-refractivity contribution in [2.45, 2.75) is 43.9 Å². The van der Waals surface area contributed by atoms with Gasteiger partial charge in [0.25, 0.3) is 0 Å². The molecule has 3 rings (SSSR count). The van der Waals surface area contributed by atoms with Crippen molar-refractivity contribution in [3.8, 4) is 0 Å². The molecule has 1 fully saturated rings. The van der Waals surface area contributed by atoms with Crippen LogP contribution in [0.3, 0.4) is 0 Å². The molecule has 1 aliphatic rings. The second-order valence-electron chi connectivity index (χ2n) is 5.77. The van der Waals surface area contributed by atoms with Gasteiger partial charge in [-0.05, 0) is 31.9 Å². The molecule has 1 aliphatic heterocycles. The molecule has 1 aromatic carbocycles. The highest BCUT2D eigenvalue weighted by molar-refractivity contribution is 7.89. The first kappa shape index (κ1) is 17.4. The molecule has 0 radical (unpaired) electrons. The first-order valence-corrected chi connectivity index (χ1v) is 9.70. The van der Waals surface area contributed by atoms with Crippen LogP contribution in [-0.4, -0.2) is 30.6 Å². The van der Waals surface area contributed by atoms with Gasteiger partial charge in [0.2, 0.25) is 10.0 Å². The molecule has 0 unspecified atom stereocenters. The maximum absolute atomic E-state index is 12.8. The zero-order valence-electron chi connectivity index (χ0n) is 13.6. The third kappa shape index (κ3) is 3.21. The lowest BCUT2D eigenvalue weighted by Crippen LogP contribution is -2.38. The molecule has 6 nitrogen and oxygen atoms in total. The quantitative estimate of drug-likeness (QED) is 0.879. The van der Waals surface area contributed by atoms with Gasteiger partial charge in [0, 0.05) is 25.5 Å². The SMILES string of the molecule is CCn1ccnc1[C@@H]1OCC[C@H]1NS(=O)(=O)c1c(C)cccc1Cl. The topological polar surface area (TPSA) is 73.2 Å². The Morgan fingerprint density at radius 1 is 1.46 bits per heavy atom. The molecule has 2 atom stereocenters. The fraction of sp³-hybridized carbons (Fsp3) is 0.438. The number of sulfonamides is 1. The molecule has 0 saturated carbocycles. The molecule has 2 heterocycles. The average Bonchev–Trinajstić information content (AvgIpc) is 3.14. The van der Waals surface area contributed by atoms with Gasteiger partial charge < -0.3 is 9.30 Å². The first-order valence-electron chi connectivity index (χ1n) is 7.84. The molecule has 1 N–H and O–H groups in total. The van der Waals surface area contributed by atoms with Crippen LogP contribution in [0.2, 0.25) is 5.02 Å². The van der Waals surface area contributed by atoms with Gasteiger partial charge in [0.15, 0.2) is 0 Å². The van der Waals surface area contributed by atoms with E-state index >= 15 is 0 Å². The standard InChI is InChI=1S/C16H20ClN3O3S/c1-3-20-9-8-18-16(20)14-13(7-10-23-14)19-24(21,22)15-11(2)5-4-6-12(15)17/h4-6,8-9,13-14,19H,3,7,10H2,1-2H3/t13-,14-/m1/s1. The zero-order chi connectivity index (χ0) is 17.3. The van der Waals surface area contributed by atoms with Crippen LogP contribution in [0.5, 0.6) is 0 Å². The number of imidazole rings is 1. The number of halogens is 1. The fourth-order valence-corrected chi connectivity index (χ4v) is 5.13. The van der Waals surface area contributed by atoms with Crippen molar-refractivity contribution < 1.29 is 13.2 Å². The molecule has 0 bridgehead atoms. The summed E-state index contributed by atoms with van der Waals surface area (Å²) >= 11 is 6.12. The van der Waals surface area contributed by atoms with E-state index in [1.165, 1.54) is 0 Å². The van der Waals surface area contributed by atoms with Gasteiger partial charge in [-0.15, -0.1) is 0 Å². The molecule has 8 heteroatoms. The van der Waals surface area contributed by atoms with E-state index in [4.69, 9.17) is 16.3 Å². The summed E-state index contributed by atoms with van der Waals surface area (Å²) in [5.41, 5.74) is 0.612. The number of aryl methyl sites for hydroxylation is 2. The zero-order valence-corrected chi connectivity index (χ0v) is 15.1. The Kier molecular flexibility index (Phi) is 4.96. The molecule has 2 aromatic rings. The Hall–Kier alpha value is -1.41. The third-order valence-electron chi connectivity index (χ3n) is 4.17. The van der Waals surface area contributed by atoms with Crippen molar-refractivity contribution in [3.63, 3.8) is 0 Å². The number of benzene rings is 1. The summed E-state index contributed by atoms with van der Waals surface area (Å²) in [5.74, 6) is 0.735. The van der Waals surface area contributed by atoms with E-state index in [1.54, 1.807) is 31.3 Å². The summed E-state index contributed by atoms with van der Waals surface area (Å²) in [6.45, 7) is 4.97. The number of nitrogens with one attached hydrogen (secondary N) is 1. The van der Waals surface area contributed by atoms with Crippen molar-refractivity contribution in [2.24, 2.45) is 0 Å². The van der Waals surface area contributed by atoms with Crippen LogP contribution in [0, 0.1) is 6.92 Å². The third-order valence-corrected chi connectivity index (χ3v) is 6.29. The minimum atomic E-state index is -3.75. The van der Waals surface area contributed by atoms with Crippen LogP contribution in [0.4, 0.5) is 0 Å². The molecule has 24 heavy (non-hydrogen) atoms. The maximum atomic E-state index is 12.8. The van der Waals surface area contributed by atoms with Crippen LogP contribution < -0.4 is 4.72 Å². The lowest BCUT2D eigenvalue weighted by atomic mass is 10.1. The summed E-state index contributed by atoms with van der Waals surface area (Å²) in [5, 5.41) is 0.216. The molecule has 0 spiro atoms. The minimum Gasteiger partial charge on any atom is -0.369 e. The van der Waals surface area contributed by atoms with Crippen molar-refractivity contribution >= 4 is 21.6 Å². The highest BCUT2D eigenvalue weighted by Crippen LogP contribution is 2.31. The lowest BCUT2D eigenvalue weighted by molar-refractivity contribution is 0.0925. The van der Waals surface area contributed by atoms with Gasteiger partial charge in [-0.3, -0.25) is 0 Å². The Balaban J connectivity index is 1.89. The smallest absolute Gasteiger partial charge is 0.242 e. The molecular formula is C16H20ClN3O3S. The molecule has 1 saturated heterocycles. The van der Waals surface area contributed by atoms with Crippen molar-refractivity contribution in [2.75, 3.05) is 6.61 Å². The van der Waals surface area contributed by atoms with E-state index in [0.717, 1.165) is 12.4 Å². The van der Waals surface area contributed by atoms with Crippen LogP contribution in [0.15, 0.2) is 35.5 Å². The lowest BCUT2D eigenvalue weighted by Gasteiger charge is -2.21. The minimum absolute atomic E-state index is 0.121. The van der Waals surface area contributed by atoms with E-state index in [0.29, 0.717) is 18.6 Å². The second kappa shape index (κ2) is 6.84. The van der Waals surface area contributed by atoms with Crippen molar-refractivity contribution in [1.82, 2.24) is 14.3 Å². The van der Waals surface area contributed by atoms with Crippen molar-refractivity contribution in [3.05, 3.63) is 47.0 Å². The number of ether oxygens (including phenoxy) is 1. The van der Waals surface area contributed by atoms with E-state index in [2.05, 4.69) is 9.71 Å². The van der Waals surface area contributed by atoms with E-state index in [1.807, 2.05) is 17.7 Å². The Morgan fingerprint density at radius 2 is 2.25 bits per heavy atom. The van der Waals surface area contributed by atoms with Gasteiger partial charge in [-0.1, -0.05) is 23.7 Å². The van der Waals surface area contributed by atoms with Gasteiger partial charge in [-0.2, -0.15) is 0 Å². The summed E-state index contributed by atoms with van der Waals surface area (Å²) in [4.78, 5) is 4.46. The highest BCUT2D eigenvalue weighted by Gasteiger charge is 2.36. The normalized spacial score (nSPS) is 21.3. The van der Waals surface area contributed by atoms with Crippen molar-refractivity contribution in [1.29, 1.82) is 0 Å². The second-order valence-corrected chi connectivity index (χ2v) is 7.82. The maximum Gasteiger partial charge on any atom is 0.242 e. The van der Waals surface area contributed by atoms with Crippen LogP contribution in [0.25, 0.3) is 0 Å². The summed E-state index contributed by atoms with van der Waals surface area (Å²) in [7, 11) is -3.75. The summed E-state index contributed by atoms with van der Waals surface area (Å²) in [6.07, 6.45) is 3.74. The molecule has 1 aromatic heterocycles. The molecule has 0 aliphatic carbocycles. The highest BCUT2D eigenvalue weighted by atomic mass is 35.5. The monoisotopic (exact) mass is 369 g/mol. The Labute approximate surface area is 146 Å². The number of nitrogens with zero attached hydrogens (tertiary/aromatic N) is 2. The number of hydrogen-bond donors (Lipinski definition) is 1. The number of aromatic nitrogens is 2. The van der Waals surface area contributed by atoms with E-state index < -0.39 is 16.1 Å². The summed E-state index contributed by atoms with van der Waals surface area (Å²) < 4.78 is 36.1. The molecule has 0 amide bonds. The van der Waals surface area contributed by atoms with Gasteiger partial charge >= 0.3 is 0 Å². The first-order chi connectivity index (χ1) is 11.4. The van der Waals surface area contributed by atoms with Gasteiger partial charge in [-0.25, -0.2) is 18.1 Å². The fourth-order valence-electron chi connectivity index (χ4n) is 3.02. The number of hydrogen-bond acceptors (Lipinski definition) is 4. The average molecular weight is 370 g/mol. The van der Waals surface area contributed by atoms with Crippen LogP contribution in [0.1, 0.15) is 30.8 Å². The molecular weight excluding hydrogens is 350 g/mol. The van der Waals surface area contributed by atoms with E-state index in [-0.39, 0.29) is 16.0 Å². The summed E-state index contributed by atoms with van der Waals surface area (Å²) in [6, 6.07) is 4.66. The van der Waals surface area contributed by atoms with Gasteiger partial charge in [0.05, 0.1) is 11.1 Å². The largest absolute Gasteiger partial charge is 0.369 e. The molecule has 130 valence electrons. The van der Waals surface area contributed by atoms with Crippen LogP contribution in [-0.2, 0) is 21.3 Å². The van der Waals surface area contributed by atoms with Gasteiger partial charge in [0.1, 0.15) is 16.8 Å². The van der Waals surface area contributed by atoms with Crippen LogP contribution >= 0.6 is 11.6 Å². The predicted octanol–water partition coefficient (Wildman–Crippen LogP) is 2.67. The van der Waals surface area contributed by atoms with E-state index in [9.17, 15) is 8.42 Å².